The maximum Gasteiger partial charge on any atom is 0.281 e. The van der Waals surface area contributed by atoms with Crippen molar-refractivity contribution in [1.82, 2.24) is 29.4 Å². The molecule has 0 radical (unpaired) electrons. The molecule has 4 rings (SSSR count). The van der Waals surface area contributed by atoms with Crippen molar-refractivity contribution in [3.63, 3.8) is 0 Å². The average molecular weight is 292 g/mol. The van der Waals surface area contributed by atoms with E-state index in [1.54, 1.807) is 10.8 Å². The van der Waals surface area contributed by atoms with Gasteiger partial charge in [0.2, 0.25) is 0 Å². The first-order chi connectivity index (χ1) is 10.8. The fourth-order valence-corrected chi connectivity index (χ4v) is 2.56. The van der Waals surface area contributed by atoms with E-state index in [1.165, 1.54) is 10.8 Å². The lowest BCUT2D eigenvalue weighted by molar-refractivity contribution is 0.617. The topological polar surface area (TPSA) is 78.0 Å². The Morgan fingerprint density at radius 3 is 2.73 bits per heavy atom. The summed E-state index contributed by atoms with van der Waals surface area (Å²) in [5.41, 5.74) is 1.74. The molecule has 0 spiro atoms. The van der Waals surface area contributed by atoms with Crippen LogP contribution >= 0.6 is 0 Å². The van der Waals surface area contributed by atoms with Gasteiger partial charge in [0.25, 0.3) is 11.3 Å². The summed E-state index contributed by atoms with van der Waals surface area (Å²) in [5.74, 6) is 0.376. The first-order valence-corrected chi connectivity index (χ1v) is 6.88. The predicted octanol–water partition coefficient (Wildman–Crippen LogP) is 1.44. The lowest BCUT2D eigenvalue weighted by atomic mass is 10.1. The van der Waals surface area contributed by atoms with Crippen LogP contribution in [0.15, 0.2) is 53.7 Å². The van der Waals surface area contributed by atoms with Crippen molar-refractivity contribution in [2.45, 2.75) is 13.0 Å². The van der Waals surface area contributed by atoms with Gasteiger partial charge in [-0.25, -0.2) is 0 Å². The maximum absolute atomic E-state index is 12.7. The Hall–Kier alpha value is -3.09. The number of pyridine rings is 1. The van der Waals surface area contributed by atoms with Gasteiger partial charge in [-0.3, -0.25) is 4.79 Å². The van der Waals surface area contributed by atoms with Crippen LogP contribution in [0.2, 0.25) is 0 Å². The van der Waals surface area contributed by atoms with Crippen LogP contribution < -0.4 is 5.56 Å². The molecule has 0 bridgehead atoms. The largest absolute Gasteiger partial charge is 0.306 e. The highest BCUT2D eigenvalue weighted by molar-refractivity contribution is 5.74. The number of hydrogen-bond donors (Lipinski definition) is 0. The van der Waals surface area contributed by atoms with Gasteiger partial charge in [0.1, 0.15) is 11.8 Å². The molecule has 0 aliphatic heterocycles. The molecular weight excluding hydrogens is 280 g/mol. The molecule has 3 aromatic heterocycles. The zero-order valence-electron chi connectivity index (χ0n) is 11.8. The van der Waals surface area contributed by atoms with Gasteiger partial charge in [-0.15, -0.1) is 10.2 Å². The lowest BCUT2D eigenvalue weighted by Crippen LogP contribution is -2.25. The molecule has 0 saturated heterocycles. The van der Waals surface area contributed by atoms with Crippen molar-refractivity contribution >= 4 is 16.8 Å². The third-order valence-electron chi connectivity index (χ3n) is 3.77. The van der Waals surface area contributed by atoms with E-state index in [9.17, 15) is 4.79 Å². The summed E-state index contributed by atoms with van der Waals surface area (Å²) in [7, 11) is 0. The minimum Gasteiger partial charge on any atom is -0.306 e. The van der Waals surface area contributed by atoms with Crippen molar-refractivity contribution in [3.8, 4) is 0 Å². The number of benzene rings is 1. The summed E-state index contributed by atoms with van der Waals surface area (Å²) >= 11 is 0. The monoisotopic (exact) mass is 292 g/mol. The number of rotatable bonds is 2. The summed E-state index contributed by atoms with van der Waals surface area (Å²) in [4.78, 5) is 16.7. The van der Waals surface area contributed by atoms with E-state index in [1.807, 2.05) is 43.3 Å². The molecule has 22 heavy (non-hydrogen) atoms. The van der Waals surface area contributed by atoms with Crippen LogP contribution in [0.1, 0.15) is 18.5 Å². The van der Waals surface area contributed by atoms with Gasteiger partial charge in [-0.2, -0.15) is 14.6 Å². The van der Waals surface area contributed by atoms with Crippen LogP contribution in [-0.2, 0) is 0 Å². The highest BCUT2D eigenvalue weighted by Crippen LogP contribution is 2.16. The number of hydrogen-bond acceptors (Lipinski definition) is 5. The molecule has 7 nitrogen and oxygen atoms in total. The van der Waals surface area contributed by atoms with Crippen LogP contribution in [0.25, 0.3) is 16.8 Å². The van der Waals surface area contributed by atoms with Gasteiger partial charge in [0.15, 0.2) is 5.52 Å². The second-order valence-electron chi connectivity index (χ2n) is 5.02. The zero-order chi connectivity index (χ0) is 15.1. The Bertz CT molecular complexity index is 1020. The normalized spacial score (nSPS) is 12.8. The molecule has 0 N–H and O–H groups in total. The van der Waals surface area contributed by atoms with E-state index in [2.05, 4.69) is 20.3 Å². The quantitative estimate of drug-likeness (QED) is 0.558. The van der Waals surface area contributed by atoms with Crippen molar-refractivity contribution in [3.05, 3.63) is 64.8 Å². The molecule has 0 fully saturated rings. The van der Waals surface area contributed by atoms with E-state index in [-0.39, 0.29) is 17.1 Å². The fraction of sp³-hybridized carbons (Fsp3) is 0.133. The van der Waals surface area contributed by atoms with Gasteiger partial charge < -0.3 is 4.57 Å². The average Bonchev–Trinajstić information content (AvgIpc) is 3.04. The summed E-state index contributed by atoms with van der Waals surface area (Å²) in [6.45, 7) is 1.98. The summed E-state index contributed by atoms with van der Waals surface area (Å²) in [5, 5.41) is 12.0. The number of aromatic nitrogens is 6. The van der Waals surface area contributed by atoms with Gasteiger partial charge in [0, 0.05) is 6.20 Å². The first kappa shape index (κ1) is 12.6. The van der Waals surface area contributed by atoms with E-state index in [4.69, 9.17) is 0 Å². The first-order valence-electron chi connectivity index (χ1n) is 6.88. The Morgan fingerprint density at radius 2 is 1.91 bits per heavy atom. The molecular formula is C15H12N6O. The summed E-state index contributed by atoms with van der Waals surface area (Å²) in [6, 6.07) is 11.6. The molecule has 7 heteroatoms. The number of fused-ring (bicyclic) bond motifs is 3. The third-order valence-corrected chi connectivity index (χ3v) is 3.77. The van der Waals surface area contributed by atoms with Gasteiger partial charge >= 0.3 is 0 Å². The maximum atomic E-state index is 12.7. The highest BCUT2D eigenvalue weighted by atomic mass is 16.1. The minimum atomic E-state index is -0.196. The van der Waals surface area contributed by atoms with Crippen molar-refractivity contribution < 1.29 is 0 Å². The standard InChI is InChI=1S/C15H12N6O/c1-10(11-5-3-2-4-6-11)20-8-7-12-13(14(20)22)18-19-15-16-9-17-21(12)15/h2-10H,1H3. The van der Waals surface area contributed by atoms with Gasteiger partial charge in [0.05, 0.1) is 6.04 Å². The molecule has 3 heterocycles. The number of nitrogens with zero attached hydrogens (tertiary/aromatic N) is 6. The van der Waals surface area contributed by atoms with Crippen LogP contribution in [0, 0.1) is 0 Å². The summed E-state index contributed by atoms with van der Waals surface area (Å²) in [6.07, 6.45) is 3.15. The molecule has 0 amide bonds. The van der Waals surface area contributed by atoms with E-state index >= 15 is 0 Å². The SMILES string of the molecule is CC(c1ccccc1)n1ccc2c(nnc3ncnn32)c1=O. The molecule has 1 aromatic carbocycles. The summed E-state index contributed by atoms with van der Waals surface area (Å²) < 4.78 is 3.16. The van der Waals surface area contributed by atoms with E-state index in [0.717, 1.165) is 5.56 Å². The minimum absolute atomic E-state index is 0.0913. The molecule has 0 aliphatic rings. The Labute approximate surface area is 124 Å². The molecule has 4 aromatic rings. The van der Waals surface area contributed by atoms with Gasteiger partial charge in [-0.05, 0) is 18.6 Å². The Balaban J connectivity index is 1.95. The third kappa shape index (κ3) is 1.79. The van der Waals surface area contributed by atoms with Crippen LogP contribution in [0.5, 0.6) is 0 Å². The van der Waals surface area contributed by atoms with Crippen LogP contribution in [0.3, 0.4) is 0 Å². The second kappa shape index (κ2) is 4.73. The zero-order valence-corrected chi connectivity index (χ0v) is 11.8. The highest BCUT2D eigenvalue weighted by Gasteiger charge is 2.14. The molecule has 1 atom stereocenters. The van der Waals surface area contributed by atoms with E-state index < -0.39 is 0 Å². The van der Waals surface area contributed by atoms with Crippen molar-refractivity contribution in [2.75, 3.05) is 0 Å². The van der Waals surface area contributed by atoms with Crippen LogP contribution in [0.4, 0.5) is 0 Å². The fourth-order valence-electron chi connectivity index (χ4n) is 2.56. The Morgan fingerprint density at radius 1 is 1.09 bits per heavy atom. The second-order valence-corrected chi connectivity index (χ2v) is 5.02. The van der Waals surface area contributed by atoms with Crippen molar-refractivity contribution in [2.24, 2.45) is 0 Å². The molecule has 0 aliphatic carbocycles. The molecule has 1 unspecified atom stereocenters. The van der Waals surface area contributed by atoms with E-state index in [0.29, 0.717) is 11.3 Å². The lowest BCUT2D eigenvalue weighted by Gasteiger charge is -2.15. The van der Waals surface area contributed by atoms with Crippen LogP contribution in [-0.4, -0.2) is 29.4 Å². The smallest absolute Gasteiger partial charge is 0.281 e. The van der Waals surface area contributed by atoms with Gasteiger partial charge in [-0.1, -0.05) is 30.3 Å². The van der Waals surface area contributed by atoms with Crippen molar-refractivity contribution in [1.29, 1.82) is 0 Å². The Kier molecular flexibility index (Phi) is 2.72. The molecule has 0 saturated carbocycles. The molecule has 108 valence electrons. The predicted molar refractivity (Wildman–Crippen MR) is 80.6 cm³/mol.